The lowest BCUT2D eigenvalue weighted by Gasteiger charge is -2.29. The molecule has 0 amide bonds. The van der Waals surface area contributed by atoms with E-state index in [2.05, 4.69) is 28.6 Å². The molecule has 0 saturated heterocycles. The second-order valence-corrected chi connectivity index (χ2v) is 6.41. The first-order valence-corrected chi connectivity index (χ1v) is 6.87. The number of aromatic nitrogens is 3. The zero-order valence-corrected chi connectivity index (χ0v) is 12.4. The number of carbonyl (C=O) groups is 1. The van der Waals surface area contributed by atoms with Crippen molar-refractivity contribution in [2.75, 3.05) is 0 Å². The Morgan fingerprint density at radius 1 is 1.35 bits per heavy atom. The van der Waals surface area contributed by atoms with Crippen LogP contribution >= 0.6 is 0 Å². The molecule has 2 aromatic heterocycles. The zero-order chi connectivity index (χ0) is 14.5. The van der Waals surface area contributed by atoms with Crippen molar-refractivity contribution in [2.45, 2.75) is 47.1 Å². The summed E-state index contributed by atoms with van der Waals surface area (Å²) in [5, 5.41) is 3.82. The van der Waals surface area contributed by atoms with E-state index < -0.39 is 0 Å². The molecular formula is C15H19N3O2. The van der Waals surface area contributed by atoms with E-state index in [1.807, 2.05) is 13.0 Å². The van der Waals surface area contributed by atoms with Gasteiger partial charge in [0.05, 0.1) is 0 Å². The standard InChI is InChI=1S/C15H19N3O2/c1-9-5-11-12(6-15(3,4)7-13(11)19)18(9)8-14-16-10(2)17-20-14/h5H,6-8H2,1-4H3. The molecule has 0 aromatic carbocycles. The fourth-order valence-corrected chi connectivity index (χ4v) is 2.97. The zero-order valence-electron chi connectivity index (χ0n) is 12.4. The van der Waals surface area contributed by atoms with Crippen molar-refractivity contribution in [3.63, 3.8) is 0 Å². The maximum Gasteiger partial charge on any atom is 0.246 e. The van der Waals surface area contributed by atoms with Gasteiger partial charge < -0.3 is 9.09 Å². The van der Waals surface area contributed by atoms with Gasteiger partial charge in [-0.25, -0.2) is 0 Å². The van der Waals surface area contributed by atoms with Gasteiger partial charge in [0.1, 0.15) is 6.54 Å². The van der Waals surface area contributed by atoms with Crippen LogP contribution in [0.15, 0.2) is 10.6 Å². The third-order valence-corrected chi connectivity index (χ3v) is 3.86. The van der Waals surface area contributed by atoms with Crippen molar-refractivity contribution in [1.82, 2.24) is 14.7 Å². The molecule has 2 aromatic rings. The normalized spacial score (nSPS) is 17.3. The molecule has 5 heteroatoms. The Bertz CT molecular complexity index is 679. The second kappa shape index (κ2) is 4.30. The Hall–Kier alpha value is -1.91. The van der Waals surface area contributed by atoms with Crippen molar-refractivity contribution in [1.29, 1.82) is 0 Å². The minimum atomic E-state index is 0.0113. The van der Waals surface area contributed by atoms with Gasteiger partial charge in [0.2, 0.25) is 5.89 Å². The summed E-state index contributed by atoms with van der Waals surface area (Å²) in [6.45, 7) is 8.62. The van der Waals surface area contributed by atoms with Crippen LogP contribution in [0, 0.1) is 19.3 Å². The SMILES string of the molecule is Cc1noc(Cn2c(C)cc3c2CC(C)(C)CC3=O)n1. The highest BCUT2D eigenvalue weighted by Gasteiger charge is 2.34. The molecule has 0 radical (unpaired) electrons. The van der Waals surface area contributed by atoms with Crippen LogP contribution in [0.2, 0.25) is 0 Å². The predicted octanol–water partition coefficient (Wildman–Crippen LogP) is 2.69. The molecule has 3 rings (SSSR count). The third-order valence-electron chi connectivity index (χ3n) is 3.86. The molecule has 0 fully saturated rings. The lowest BCUT2D eigenvalue weighted by molar-refractivity contribution is 0.0910. The molecule has 0 saturated carbocycles. The molecule has 0 N–H and O–H groups in total. The topological polar surface area (TPSA) is 60.9 Å². The van der Waals surface area contributed by atoms with Crippen LogP contribution in [0.25, 0.3) is 0 Å². The second-order valence-electron chi connectivity index (χ2n) is 6.41. The van der Waals surface area contributed by atoms with Crippen LogP contribution in [-0.4, -0.2) is 20.5 Å². The Morgan fingerprint density at radius 2 is 2.10 bits per heavy atom. The molecular weight excluding hydrogens is 254 g/mol. The van der Waals surface area contributed by atoms with Crippen molar-refractivity contribution >= 4 is 5.78 Å². The minimum absolute atomic E-state index is 0.0113. The first-order chi connectivity index (χ1) is 9.35. The van der Waals surface area contributed by atoms with Gasteiger partial charge in [-0.15, -0.1) is 0 Å². The smallest absolute Gasteiger partial charge is 0.246 e. The lowest BCUT2D eigenvalue weighted by Crippen LogP contribution is -2.28. The average Bonchev–Trinajstić information content (AvgIpc) is 2.86. The van der Waals surface area contributed by atoms with Crippen LogP contribution in [0.5, 0.6) is 0 Å². The molecule has 1 aliphatic carbocycles. The van der Waals surface area contributed by atoms with Gasteiger partial charge in [0.25, 0.3) is 0 Å². The van der Waals surface area contributed by atoms with Gasteiger partial charge >= 0.3 is 0 Å². The van der Waals surface area contributed by atoms with E-state index in [1.165, 1.54) is 0 Å². The number of hydrogen-bond donors (Lipinski definition) is 0. The number of aryl methyl sites for hydroxylation is 2. The summed E-state index contributed by atoms with van der Waals surface area (Å²) in [5.74, 6) is 1.45. The number of hydrogen-bond acceptors (Lipinski definition) is 4. The van der Waals surface area contributed by atoms with Crippen molar-refractivity contribution < 1.29 is 9.32 Å². The fraction of sp³-hybridized carbons (Fsp3) is 0.533. The van der Waals surface area contributed by atoms with E-state index in [9.17, 15) is 4.79 Å². The van der Waals surface area contributed by atoms with Crippen LogP contribution < -0.4 is 0 Å². The van der Waals surface area contributed by atoms with Gasteiger partial charge in [-0.05, 0) is 31.7 Å². The van der Waals surface area contributed by atoms with Crippen molar-refractivity contribution in [3.8, 4) is 0 Å². The quantitative estimate of drug-likeness (QED) is 0.844. The highest BCUT2D eigenvalue weighted by molar-refractivity contribution is 5.99. The molecule has 0 spiro atoms. The summed E-state index contributed by atoms with van der Waals surface area (Å²) < 4.78 is 7.32. The van der Waals surface area contributed by atoms with Gasteiger partial charge in [-0.2, -0.15) is 4.98 Å². The van der Waals surface area contributed by atoms with Crippen LogP contribution in [0.1, 0.15) is 53.7 Å². The molecule has 20 heavy (non-hydrogen) atoms. The summed E-state index contributed by atoms with van der Waals surface area (Å²) in [4.78, 5) is 16.5. The number of nitrogens with zero attached hydrogens (tertiary/aromatic N) is 3. The maximum atomic E-state index is 12.3. The van der Waals surface area contributed by atoms with Crippen molar-refractivity contribution in [2.24, 2.45) is 5.41 Å². The third kappa shape index (κ3) is 2.17. The number of Topliss-reactive ketones (excluding diaryl/α,β-unsaturated/α-hetero) is 1. The lowest BCUT2D eigenvalue weighted by atomic mass is 9.76. The molecule has 106 valence electrons. The Labute approximate surface area is 118 Å². The predicted molar refractivity (Wildman–Crippen MR) is 73.7 cm³/mol. The Kier molecular flexibility index (Phi) is 2.81. The van der Waals surface area contributed by atoms with Gasteiger partial charge in [0, 0.05) is 23.4 Å². The van der Waals surface area contributed by atoms with Crippen molar-refractivity contribution in [3.05, 3.63) is 34.7 Å². The summed E-state index contributed by atoms with van der Waals surface area (Å²) >= 11 is 0. The molecule has 0 aliphatic heterocycles. The van der Waals surface area contributed by atoms with E-state index >= 15 is 0 Å². The molecule has 0 atom stereocenters. The maximum absolute atomic E-state index is 12.3. The Balaban J connectivity index is 2.02. The number of rotatable bonds is 2. The summed E-state index contributed by atoms with van der Waals surface area (Å²) in [6, 6.07) is 1.98. The minimum Gasteiger partial charge on any atom is -0.339 e. The molecule has 0 bridgehead atoms. The number of fused-ring (bicyclic) bond motifs is 1. The first kappa shape index (κ1) is 13.1. The van der Waals surface area contributed by atoms with Gasteiger partial charge in [-0.3, -0.25) is 4.79 Å². The molecule has 5 nitrogen and oxygen atoms in total. The van der Waals surface area contributed by atoms with Gasteiger partial charge in [0.15, 0.2) is 11.6 Å². The van der Waals surface area contributed by atoms with E-state index in [0.717, 1.165) is 23.4 Å². The summed E-state index contributed by atoms with van der Waals surface area (Å²) in [7, 11) is 0. The molecule has 2 heterocycles. The van der Waals surface area contributed by atoms with E-state index in [1.54, 1.807) is 6.92 Å². The molecule has 0 unspecified atom stereocenters. The number of carbonyl (C=O) groups excluding carboxylic acids is 1. The van der Waals surface area contributed by atoms with Crippen LogP contribution in [0.3, 0.4) is 0 Å². The highest BCUT2D eigenvalue weighted by atomic mass is 16.5. The van der Waals surface area contributed by atoms with E-state index in [-0.39, 0.29) is 11.2 Å². The highest BCUT2D eigenvalue weighted by Crippen LogP contribution is 2.36. The Morgan fingerprint density at radius 3 is 2.75 bits per heavy atom. The monoisotopic (exact) mass is 273 g/mol. The average molecular weight is 273 g/mol. The summed E-state index contributed by atoms with van der Waals surface area (Å²) in [6.07, 6.45) is 1.51. The summed E-state index contributed by atoms with van der Waals surface area (Å²) in [5.41, 5.74) is 3.03. The van der Waals surface area contributed by atoms with E-state index in [4.69, 9.17) is 4.52 Å². The molecule has 1 aliphatic rings. The van der Waals surface area contributed by atoms with Gasteiger partial charge in [-0.1, -0.05) is 19.0 Å². The fourth-order valence-electron chi connectivity index (χ4n) is 2.97. The number of ketones is 1. The van der Waals surface area contributed by atoms with E-state index in [0.29, 0.717) is 24.7 Å². The van der Waals surface area contributed by atoms with Crippen LogP contribution in [-0.2, 0) is 13.0 Å². The van der Waals surface area contributed by atoms with Crippen LogP contribution in [0.4, 0.5) is 0 Å². The largest absolute Gasteiger partial charge is 0.339 e. The first-order valence-electron chi connectivity index (χ1n) is 6.87.